The number of carbonyl (C=O) groups is 1. The summed E-state index contributed by atoms with van der Waals surface area (Å²) >= 11 is 0. The highest BCUT2D eigenvalue weighted by molar-refractivity contribution is 7.89. The quantitative estimate of drug-likeness (QED) is 0.823. The summed E-state index contributed by atoms with van der Waals surface area (Å²) in [7, 11) is -3.61. The number of rotatable bonds is 4. The van der Waals surface area contributed by atoms with E-state index in [4.69, 9.17) is 0 Å². The van der Waals surface area contributed by atoms with Crippen molar-refractivity contribution in [3.05, 3.63) is 59.2 Å². The zero-order valence-corrected chi connectivity index (χ0v) is 16.6. The average molecular weight is 420 g/mol. The van der Waals surface area contributed by atoms with Crippen LogP contribution >= 0.6 is 0 Å². The first-order valence-corrected chi connectivity index (χ1v) is 11.2. The van der Waals surface area contributed by atoms with E-state index >= 15 is 0 Å². The maximum Gasteiger partial charge on any atom is 0.243 e. The van der Waals surface area contributed by atoms with Crippen LogP contribution < -0.4 is 5.32 Å². The van der Waals surface area contributed by atoms with E-state index < -0.39 is 33.5 Å². The van der Waals surface area contributed by atoms with Gasteiger partial charge in [0, 0.05) is 19.0 Å². The molecule has 1 N–H and O–H groups in total. The number of anilines is 1. The molecule has 0 bridgehead atoms. The Hall–Kier alpha value is -2.32. The van der Waals surface area contributed by atoms with Crippen molar-refractivity contribution in [2.75, 3.05) is 18.4 Å². The zero-order valence-electron chi connectivity index (χ0n) is 15.8. The average Bonchev–Trinajstić information content (AvgIpc) is 3.19. The van der Waals surface area contributed by atoms with Crippen molar-refractivity contribution in [1.29, 1.82) is 0 Å². The third-order valence-corrected chi connectivity index (χ3v) is 7.64. The minimum atomic E-state index is -3.61. The largest absolute Gasteiger partial charge is 0.323 e. The molecule has 0 aromatic heterocycles. The third-order valence-electron chi connectivity index (χ3n) is 5.74. The van der Waals surface area contributed by atoms with E-state index in [9.17, 15) is 22.0 Å². The molecule has 1 heterocycles. The lowest BCUT2D eigenvalue weighted by Gasteiger charge is -2.30. The Labute approximate surface area is 168 Å². The summed E-state index contributed by atoms with van der Waals surface area (Å²) in [5, 5.41) is 2.41. The number of piperidine rings is 1. The van der Waals surface area contributed by atoms with Gasteiger partial charge in [-0.25, -0.2) is 17.2 Å². The molecule has 0 unspecified atom stereocenters. The lowest BCUT2D eigenvalue weighted by atomic mass is 9.97. The molecule has 2 aromatic rings. The first-order valence-electron chi connectivity index (χ1n) is 9.73. The highest BCUT2D eigenvalue weighted by Crippen LogP contribution is 2.29. The molecule has 2 aliphatic rings. The molecule has 0 spiro atoms. The number of benzene rings is 2. The van der Waals surface area contributed by atoms with Crippen LogP contribution in [-0.2, 0) is 27.7 Å². The summed E-state index contributed by atoms with van der Waals surface area (Å²) in [6.07, 6.45) is 3.59. The second-order valence-corrected chi connectivity index (χ2v) is 9.49. The van der Waals surface area contributed by atoms with E-state index in [2.05, 4.69) is 5.32 Å². The van der Waals surface area contributed by atoms with Crippen molar-refractivity contribution in [3.63, 3.8) is 0 Å². The van der Waals surface area contributed by atoms with Gasteiger partial charge < -0.3 is 5.32 Å². The van der Waals surface area contributed by atoms with Crippen molar-refractivity contribution in [3.8, 4) is 0 Å². The molecule has 1 aliphatic heterocycles. The standard InChI is InChI=1S/C21H22F2N2O3S/c22-18-5-2-6-19(20(18)23)24-21(26)15-9-11-25(12-10-15)29(27,28)17-8-7-14-3-1-4-16(14)13-17/h2,5-8,13,15H,1,3-4,9-12H2,(H,24,26). The summed E-state index contributed by atoms with van der Waals surface area (Å²) in [5.41, 5.74) is 2.10. The SMILES string of the molecule is O=C(Nc1cccc(F)c1F)C1CCN(S(=O)(=O)c2ccc3c(c2)CCC3)CC1. The van der Waals surface area contributed by atoms with Crippen LogP contribution in [0.2, 0.25) is 0 Å². The number of hydrogen-bond acceptors (Lipinski definition) is 3. The molecule has 2 aromatic carbocycles. The van der Waals surface area contributed by atoms with Crippen molar-refractivity contribution in [2.24, 2.45) is 5.92 Å². The molecular formula is C21H22F2N2O3S. The second-order valence-electron chi connectivity index (χ2n) is 7.55. The van der Waals surface area contributed by atoms with Gasteiger partial charge in [-0.2, -0.15) is 4.31 Å². The van der Waals surface area contributed by atoms with E-state index in [-0.39, 0.29) is 18.8 Å². The molecule has 1 saturated heterocycles. The summed E-state index contributed by atoms with van der Waals surface area (Å²) in [6, 6.07) is 8.91. The molecule has 4 rings (SSSR count). The summed E-state index contributed by atoms with van der Waals surface area (Å²) in [4.78, 5) is 12.7. The van der Waals surface area contributed by atoms with Gasteiger partial charge in [0.25, 0.3) is 0 Å². The molecule has 154 valence electrons. The number of nitrogens with zero attached hydrogens (tertiary/aromatic N) is 1. The lowest BCUT2D eigenvalue weighted by molar-refractivity contribution is -0.120. The molecule has 29 heavy (non-hydrogen) atoms. The van der Waals surface area contributed by atoms with Gasteiger partial charge in [0.1, 0.15) is 0 Å². The third kappa shape index (κ3) is 3.91. The number of sulfonamides is 1. The number of halogens is 2. The minimum Gasteiger partial charge on any atom is -0.323 e. The van der Waals surface area contributed by atoms with Crippen molar-refractivity contribution in [2.45, 2.75) is 37.0 Å². The summed E-state index contributed by atoms with van der Waals surface area (Å²) in [6.45, 7) is 0.423. The number of amides is 1. The van der Waals surface area contributed by atoms with Gasteiger partial charge in [0.2, 0.25) is 15.9 Å². The van der Waals surface area contributed by atoms with Gasteiger partial charge in [0.15, 0.2) is 11.6 Å². The monoisotopic (exact) mass is 420 g/mol. The molecular weight excluding hydrogens is 398 g/mol. The highest BCUT2D eigenvalue weighted by atomic mass is 32.2. The molecule has 0 saturated carbocycles. The fraction of sp³-hybridized carbons (Fsp3) is 0.381. The zero-order chi connectivity index (χ0) is 20.6. The van der Waals surface area contributed by atoms with E-state index in [1.807, 2.05) is 6.07 Å². The number of nitrogens with one attached hydrogen (secondary N) is 1. The molecule has 1 aliphatic carbocycles. The number of fused-ring (bicyclic) bond motifs is 1. The van der Waals surface area contributed by atoms with Crippen LogP contribution in [0.5, 0.6) is 0 Å². The van der Waals surface area contributed by atoms with Gasteiger partial charge in [-0.05, 0) is 67.5 Å². The Morgan fingerprint density at radius 3 is 2.52 bits per heavy atom. The first-order chi connectivity index (χ1) is 13.9. The highest BCUT2D eigenvalue weighted by Gasteiger charge is 2.33. The van der Waals surface area contributed by atoms with Gasteiger partial charge in [-0.1, -0.05) is 12.1 Å². The number of hydrogen-bond donors (Lipinski definition) is 1. The maximum absolute atomic E-state index is 13.8. The number of carbonyl (C=O) groups excluding carboxylic acids is 1. The minimum absolute atomic E-state index is 0.205. The molecule has 8 heteroatoms. The lowest BCUT2D eigenvalue weighted by Crippen LogP contribution is -2.41. The van der Waals surface area contributed by atoms with E-state index in [0.717, 1.165) is 30.9 Å². The van der Waals surface area contributed by atoms with Crippen molar-refractivity contribution < 1.29 is 22.0 Å². The van der Waals surface area contributed by atoms with Gasteiger partial charge in [0.05, 0.1) is 10.6 Å². The van der Waals surface area contributed by atoms with Crippen LogP contribution in [0.3, 0.4) is 0 Å². The topological polar surface area (TPSA) is 66.5 Å². The summed E-state index contributed by atoms with van der Waals surface area (Å²) < 4.78 is 54.4. The van der Waals surface area contributed by atoms with Crippen LogP contribution in [-0.4, -0.2) is 31.7 Å². The Morgan fingerprint density at radius 2 is 1.76 bits per heavy atom. The van der Waals surface area contributed by atoms with E-state index in [1.165, 1.54) is 22.0 Å². The maximum atomic E-state index is 13.8. The molecule has 0 atom stereocenters. The van der Waals surface area contributed by atoms with Crippen LogP contribution in [0, 0.1) is 17.6 Å². The predicted molar refractivity (Wildman–Crippen MR) is 105 cm³/mol. The van der Waals surface area contributed by atoms with Crippen LogP contribution in [0.25, 0.3) is 0 Å². The fourth-order valence-corrected chi connectivity index (χ4v) is 5.57. The fourth-order valence-electron chi connectivity index (χ4n) is 4.05. The Morgan fingerprint density at radius 1 is 1.03 bits per heavy atom. The second kappa shape index (κ2) is 7.84. The van der Waals surface area contributed by atoms with Crippen molar-refractivity contribution in [1.82, 2.24) is 4.31 Å². The first kappa shape index (κ1) is 20.0. The predicted octanol–water partition coefficient (Wildman–Crippen LogP) is 3.49. The normalized spacial score (nSPS) is 17.9. The Kier molecular flexibility index (Phi) is 5.40. The molecule has 1 fully saturated rings. The van der Waals surface area contributed by atoms with Gasteiger partial charge in [-0.15, -0.1) is 0 Å². The number of aryl methyl sites for hydroxylation is 2. The van der Waals surface area contributed by atoms with Gasteiger partial charge >= 0.3 is 0 Å². The van der Waals surface area contributed by atoms with E-state index in [1.54, 1.807) is 12.1 Å². The summed E-state index contributed by atoms with van der Waals surface area (Å²) in [5.74, 6) is -3.01. The van der Waals surface area contributed by atoms with E-state index in [0.29, 0.717) is 17.7 Å². The molecule has 0 radical (unpaired) electrons. The smallest absolute Gasteiger partial charge is 0.243 e. The Balaban J connectivity index is 1.41. The van der Waals surface area contributed by atoms with Crippen molar-refractivity contribution >= 4 is 21.6 Å². The Bertz CT molecular complexity index is 1050. The van der Waals surface area contributed by atoms with Crippen LogP contribution in [0.4, 0.5) is 14.5 Å². The van der Waals surface area contributed by atoms with Crippen LogP contribution in [0.15, 0.2) is 41.3 Å². The van der Waals surface area contributed by atoms with Gasteiger partial charge in [-0.3, -0.25) is 4.79 Å². The molecule has 1 amide bonds. The molecule has 5 nitrogen and oxygen atoms in total. The van der Waals surface area contributed by atoms with Crippen LogP contribution in [0.1, 0.15) is 30.4 Å².